The minimum atomic E-state index is -0.127. The van der Waals surface area contributed by atoms with Gasteiger partial charge in [-0.3, -0.25) is 9.80 Å². The Bertz CT molecular complexity index is 916. The lowest BCUT2D eigenvalue weighted by molar-refractivity contribution is 0.0658. The maximum absolute atomic E-state index is 12.9. The summed E-state index contributed by atoms with van der Waals surface area (Å²) in [6.45, 7) is 1.74. The van der Waals surface area contributed by atoms with Crippen LogP contribution in [0.3, 0.4) is 0 Å². The number of carbonyl (C=O) groups is 1. The largest absolute Gasteiger partial charge is 0.384 e. The number of anilines is 2. The van der Waals surface area contributed by atoms with Crippen LogP contribution in [0.5, 0.6) is 0 Å². The zero-order valence-corrected chi connectivity index (χ0v) is 17.4. The van der Waals surface area contributed by atoms with E-state index in [1.54, 1.807) is 0 Å². The normalized spacial score (nSPS) is 28.5. The van der Waals surface area contributed by atoms with Crippen molar-refractivity contribution in [1.29, 1.82) is 0 Å². The zero-order valence-electron chi connectivity index (χ0n) is 17.4. The monoisotopic (exact) mass is 390 g/mol. The Kier molecular flexibility index (Phi) is 4.32. The van der Waals surface area contributed by atoms with Crippen molar-refractivity contribution in [2.24, 2.45) is 0 Å². The van der Waals surface area contributed by atoms with Crippen molar-refractivity contribution in [2.45, 2.75) is 43.2 Å². The standard InChI is InChI=1S/C24H30N4O/c1-27(2)24(19-6-4-3-5-7-19)13-11-23(12-14-24)17-28(22(29)26-23)20-9-8-18-10-15-25-21(18)16-20/h3-9,16,25H,10-15,17H2,1-2H3,(H,26,29). The summed E-state index contributed by atoms with van der Waals surface area (Å²) in [6.07, 6.45) is 5.14. The number of nitrogens with one attached hydrogen (secondary N) is 2. The average molecular weight is 391 g/mol. The maximum atomic E-state index is 12.9. The van der Waals surface area contributed by atoms with Gasteiger partial charge in [0.15, 0.2) is 0 Å². The van der Waals surface area contributed by atoms with Crippen molar-refractivity contribution in [3.05, 3.63) is 59.7 Å². The quantitative estimate of drug-likeness (QED) is 0.834. The molecule has 0 bridgehead atoms. The molecule has 5 rings (SSSR count). The first-order valence-corrected chi connectivity index (χ1v) is 10.7. The Morgan fingerprint density at radius 1 is 1.00 bits per heavy atom. The van der Waals surface area contributed by atoms with Gasteiger partial charge in [-0.15, -0.1) is 0 Å². The summed E-state index contributed by atoms with van der Waals surface area (Å²) in [5.41, 5.74) is 4.82. The first-order chi connectivity index (χ1) is 14.0. The minimum absolute atomic E-state index is 0.0417. The third-order valence-electron chi connectivity index (χ3n) is 7.39. The van der Waals surface area contributed by atoms with E-state index in [9.17, 15) is 4.79 Å². The third-order valence-corrected chi connectivity index (χ3v) is 7.39. The van der Waals surface area contributed by atoms with E-state index in [-0.39, 0.29) is 17.1 Å². The van der Waals surface area contributed by atoms with E-state index in [4.69, 9.17) is 0 Å². The van der Waals surface area contributed by atoms with Gasteiger partial charge in [0.25, 0.3) is 0 Å². The molecule has 29 heavy (non-hydrogen) atoms. The Labute approximate surface area is 173 Å². The van der Waals surface area contributed by atoms with Crippen LogP contribution < -0.4 is 15.5 Å². The van der Waals surface area contributed by atoms with E-state index in [1.165, 1.54) is 16.8 Å². The molecule has 0 atom stereocenters. The molecule has 2 aromatic rings. The van der Waals surface area contributed by atoms with Gasteiger partial charge in [0, 0.05) is 23.5 Å². The molecule has 5 nitrogen and oxygen atoms in total. The molecule has 2 aliphatic heterocycles. The molecule has 1 saturated heterocycles. The SMILES string of the molecule is CN(C)C1(c2ccccc2)CCC2(CC1)CN(c1ccc3c(c1)NCC3)C(=O)N2. The van der Waals surface area contributed by atoms with Crippen LogP contribution in [0, 0.1) is 0 Å². The number of rotatable bonds is 3. The lowest BCUT2D eigenvalue weighted by atomic mass is 9.69. The predicted octanol–water partition coefficient (Wildman–Crippen LogP) is 3.95. The van der Waals surface area contributed by atoms with Gasteiger partial charge in [-0.2, -0.15) is 0 Å². The molecule has 5 heteroatoms. The number of amides is 2. The summed E-state index contributed by atoms with van der Waals surface area (Å²) in [5, 5.41) is 6.79. The fourth-order valence-corrected chi connectivity index (χ4v) is 5.53. The molecule has 2 amide bonds. The van der Waals surface area contributed by atoms with Crippen LogP contribution in [0.2, 0.25) is 0 Å². The van der Waals surface area contributed by atoms with Crippen molar-refractivity contribution in [3.8, 4) is 0 Å². The lowest BCUT2D eigenvalue weighted by Crippen LogP contribution is -2.54. The highest BCUT2D eigenvalue weighted by Crippen LogP contribution is 2.46. The number of benzene rings is 2. The molecule has 152 valence electrons. The number of hydrogen-bond acceptors (Lipinski definition) is 3. The van der Waals surface area contributed by atoms with Crippen LogP contribution in [0.25, 0.3) is 0 Å². The molecule has 1 aliphatic carbocycles. The van der Waals surface area contributed by atoms with Crippen LogP contribution in [0.15, 0.2) is 48.5 Å². The molecule has 2 heterocycles. The van der Waals surface area contributed by atoms with E-state index < -0.39 is 0 Å². The van der Waals surface area contributed by atoms with Gasteiger partial charge in [0.05, 0.1) is 12.1 Å². The molecule has 1 saturated carbocycles. The smallest absolute Gasteiger partial charge is 0.322 e. The van der Waals surface area contributed by atoms with Gasteiger partial charge in [-0.1, -0.05) is 36.4 Å². The second kappa shape index (κ2) is 6.77. The second-order valence-electron chi connectivity index (χ2n) is 9.11. The fraction of sp³-hybridized carbons (Fsp3) is 0.458. The zero-order chi connectivity index (χ0) is 20.1. The van der Waals surface area contributed by atoms with Crippen molar-refractivity contribution in [2.75, 3.05) is 37.4 Å². The van der Waals surface area contributed by atoms with E-state index in [2.05, 4.69) is 78.2 Å². The molecular formula is C24H30N4O. The number of hydrogen-bond donors (Lipinski definition) is 2. The number of fused-ring (bicyclic) bond motifs is 1. The highest BCUT2D eigenvalue weighted by molar-refractivity contribution is 5.96. The first-order valence-electron chi connectivity index (χ1n) is 10.7. The van der Waals surface area contributed by atoms with Gasteiger partial charge < -0.3 is 10.6 Å². The maximum Gasteiger partial charge on any atom is 0.322 e. The van der Waals surface area contributed by atoms with Crippen LogP contribution >= 0.6 is 0 Å². The predicted molar refractivity (Wildman–Crippen MR) is 118 cm³/mol. The average Bonchev–Trinajstić information content (AvgIpc) is 3.33. The summed E-state index contributed by atoms with van der Waals surface area (Å²) in [7, 11) is 4.37. The second-order valence-corrected chi connectivity index (χ2v) is 9.11. The fourth-order valence-electron chi connectivity index (χ4n) is 5.53. The Morgan fingerprint density at radius 3 is 2.48 bits per heavy atom. The van der Waals surface area contributed by atoms with Gasteiger partial charge in [-0.25, -0.2) is 4.79 Å². The van der Waals surface area contributed by atoms with Gasteiger partial charge >= 0.3 is 6.03 Å². The molecular weight excluding hydrogens is 360 g/mol. The van der Waals surface area contributed by atoms with Crippen molar-refractivity contribution in [1.82, 2.24) is 10.2 Å². The van der Waals surface area contributed by atoms with Crippen molar-refractivity contribution in [3.63, 3.8) is 0 Å². The van der Waals surface area contributed by atoms with Crippen LogP contribution in [-0.4, -0.2) is 43.7 Å². The number of carbonyl (C=O) groups excluding carboxylic acids is 1. The minimum Gasteiger partial charge on any atom is -0.384 e. The summed E-state index contributed by atoms with van der Waals surface area (Å²) < 4.78 is 0. The molecule has 2 aromatic carbocycles. The Morgan fingerprint density at radius 2 is 1.76 bits per heavy atom. The van der Waals surface area contributed by atoms with E-state index in [1.807, 2.05) is 4.90 Å². The summed E-state index contributed by atoms with van der Waals surface area (Å²) >= 11 is 0. The number of nitrogens with zero attached hydrogens (tertiary/aromatic N) is 2. The first kappa shape index (κ1) is 18.5. The van der Waals surface area contributed by atoms with Crippen LogP contribution in [-0.2, 0) is 12.0 Å². The van der Waals surface area contributed by atoms with Gasteiger partial charge in [0.2, 0.25) is 0 Å². The summed E-state index contributed by atoms with van der Waals surface area (Å²) in [5.74, 6) is 0. The topological polar surface area (TPSA) is 47.6 Å². The van der Waals surface area contributed by atoms with Gasteiger partial charge in [-0.05, 0) is 69.5 Å². The van der Waals surface area contributed by atoms with Crippen molar-refractivity contribution >= 4 is 17.4 Å². The highest BCUT2D eigenvalue weighted by atomic mass is 16.2. The molecule has 0 unspecified atom stereocenters. The number of urea groups is 1. The molecule has 1 spiro atoms. The molecule has 0 radical (unpaired) electrons. The lowest BCUT2D eigenvalue weighted by Gasteiger charge is -2.48. The van der Waals surface area contributed by atoms with E-state index in [0.29, 0.717) is 0 Å². The van der Waals surface area contributed by atoms with Crippen molar-refractivity contribution < 1.29 is 4.79 Å². The highest BCUT2D eigenvalue weighted by Gasteiger charge is 2.50. The van der Waals surface area contributed by atoms with E-state index in [0.717, 1.165) is 50.9 Å². The molecule has 2 fully saturated rings. The third kappa shape index (κ3) is 2.99. The van der Waals surface area contributed by atoms with Gasteiger partial charge in [0.1, 0.15) is 0 Å². The summed E-state index contributed by atoms with van der Waals surface area (Å²) in [6, 6.07) is 17.3. The Hall–Kier alpha value is -2.53. The van der Waals surface area contributed by atoms with Crippen LogP contribution in [0.4, 0.5) is 16.2 Å². The summed E-state index contributed by atoms with van der Waals surface area (Å²) in [4.78, 5) is 17.2. The van der Waals surface area contributed by atoms with Crippen LogP contribution in [0.1, 0.15) is 36.8 Å². The molecule has 0 aromatic heterocycles. The molecule has 2 N–H and O–H groups in total. The molecule has 3 aliphatic rings. The van der Waals surface area contributed by atoms with E-state index >= 15 is 0 Å². The Balaban J connectivity index is 1.36.